The number of benzene rings is 2. The van der Waals surface area contributed by atoms with Crippen LogP contribution < -0.4 is 10.5 Å². The molecule has 0 amide bonds. The normalized spacial score (nSPS) is 18.6. The van der Waals surface area contributed by atoms with Crippen LogP contribution in [0.4, 0.5) is 10.1 Å². The molecule has 1 aliphatic heterocycles. The standard InChI is InChI=1S/C16H16FNO2S/c17-12-5-6-14(18)16(9-12)21(19)10-11-7-8-20-15-4-2-1-3-13(11)15/h1-6,9,11H,7-8,10,18H2. The number of hydrogen-bond acceptors (Lipinski definition) is 3. The maximum atomic E-state index is 13.3. The van der Waals surface area contributed by atoms with E-state index in [4.69, 9.17) is 10.5 Å². The first-order valence-electron chi connectivity index (χ1n) is 6.80. The Morgan fingerprint density at radius 3 is 2.95 bits per heavy atom. The molecule has 0 saturated carbocycles. The highest BCUT2D eigenvalue weighted by atomic mass is 32.2. The first-order chi connectivity index (χ1) is 10.1. The minimum Gasteiger partial charge on any atom is -0.493 e. The Morgan fingerprint density at radius 2 is 2.10 bits per heavy atom. The summed E-state index contributed by atoms with van der Waals surface area (Å²) in [7, 11) is -1.33. The van der Waals surface area contributed by atoms with Gasteiger partial charge in [0.15, 0.2) is 0 Å². The maximum absolute atomic E-state index is 13.3. The highest BCUT2D eigenvalue weighted by Gasteiger charge is 2.24. The summed E-state index contributed by atoms with van der Waals surface area (Å²) in [4.78, 5) is 0.374. The van der Waals surface area contributed by atoms with Crippen LogP contribution in [0.5, 0.6) is 5.75 Å². The number of nitrogen functional groups attached to an aromatic ring is 1. The smallest absolute Gasteiger partial charge is 0.124 e. The van der Waals surface area contributed by atoms with Crippen LogP contribution in [0.2, 0.25) is 0 Å². The Balaban J connectivity index is 1.84. The van der Waals surface area contributed by atoms with Crippen molar-refractivity contribution in [1.29, 1.82) is 0 Å². The third kappa shape index (κ3) is 2.93. The van der Waals surface area contributed by atoms with Gasteiger partial charge in [-0.25, -0.2) is 4.39 Å². The van der Waals surface area contributed by atoms with Crippen molar-refractivity contribution < 1.29 is 13.3 Å². The fourth-order valence-electron chi connectivity index (χ4n) is 2.57. The highest BCUT2D eigenvalue weighted by Crippen LogP contribution is 2.35. The van der Waals surface area contributed by atoms with E-state index in [9.17, 15) is 8.60 Å². The van der Waals surface area contributed by atoms with Gasteiger partial charge in [0.2, 0.25) is 0 Å². The van der Waals surface area contributed by atoms with E-state index in [1.807, 2.05) is 24.3 Å². The lowest BCUT2D eigenvalue weighted by Gasteiger charge is -2.25. The van der Waals surface area contributed by atoms with Gasteiger partial charge >= 0.3 is 0 Å². The summed E-state index contributed by atoms with van der Waals surface area (Å²) >= 11 is 0. The predicted octanol–water partition coefficient (Wildman–Crippen LogP) is 3.08. The Labute approximate surface area is 125 Å². The lowest BCUT2D eigenvalue weighted by Crippen LogP contribution is -2.19. The van der Waals surface area contributed by atoms with Gasteiger partial charge in [0.1, 0.15) is 11.6 Å². The summed E-state index contributed by atoms with van der Waals surface area (Å²) in [5.74, 6) is 0.991. The van der Waals surface area contributed by atoms with Crippen molar-refractivity contribution in [2.75, 3.05) is 18.1 Å². The molecule has 110 valence electrons. The Hall–Kier alpha value is -1.88. The number of fused-ring (bicyclic) bond motifs is 1. The number of anilines is 1. The zero-order valence-corrected chi connectivity index (χ0v) is 12.2. The van der Waals surface area contributed by atoms with Gasteiger partial charge in [-0.3, -0.25) is 4.21 Å². The van der Waals surface area contributed by atoms with E-state index >= 15 is 0 Å². The molecular weight excluding hydrogens is 289 g/mol. The van der Waals surface area contributed by atoms with Gasteiger partial charge in [-0.15, -0.1) is 0 Å². The molecule has 0 spiro atoms. The van der Waals surface area contributed by atoms with E-state index in [0.717, 1.165) is 17.7 Å². The molecule has 2 aromatic rings. The van der Waals surface area contributed by atoms with Crippen molar-refractivity contribution >= 4 is 16.5 Å². The minimum atomic E-state index is -1.33. The Kier molecular flexibility index (Phi) is 3.92. The van der Waals surface area contributed by atoms with Crippen LogP contribution in [-0.2, 0) is 10.8 Å². The molecular formula is C16H16FNO2S. The van der Waals surface area contributed by atoms with Crippen LogP contribution in [0.3, 0.4) is 0 Å². The van der Waals surface area contributed by atoms with Gasteiger partial charge in [0, 0.05) is 17.4 Å². The van der Waals surface area contributed by atoms with Gasteiger partial charge in [0.25, 0.3) is 0 Å². The van der Waals surface area contributed by atoms with Crippen molar-refractivity contribution in [3.8, 4) is 5.75 Å². The van der Waals surface area contributed by atoms with Crippen LogP contribution in [0.1, 0.15) is 17.9 Å². The van der Waals surface area contributed by atoms with E-state index in [2.05, 4.69) is 0 Å². The lowest BCUT2D eigenvalue weighted by atomic mass is 9.95. The van der Waals surface area contributed by atoms with Crippen LogP contribution in [0, 0.1) is 5.82 Å². The quantitative estimate of drug-likeness (QED) is 0.887. The second kappa shape index (κ2) is 5.85. The molecule has 1 heterocycles. The SMILES string of the molecule is Nc1ccc(F)cc1S(=O)CC1CCOc2ccccc21. The van der Waals surface area contributed by atoms with E-state index in [1.54, 1.807) is 0 Å². The molecule has 2 atom stereocenters. The molecule has 0 aliphatic carbocycles. The van der Waals surface area contributed by atoms with Gasteiger partial charge < -0.3 is 10.5 Å². The summed E-state index contributed by atoms with van der Waals surface area (Å²) in [6, 6.07) is 11.8. The molecule has 21 heavy (non-hydrogen) atoms. The number of hydrogen-bond donors (Lipinski definition) is 1. The van der Waals surface area contributed by atoms with Gasteiger partial charge in [0.05, 0.1) is 22.3 Å². The third-order valence-electron chi connectivity index (χ3n) is 3.66. The molecule has 5 heteroatoms. The summed E-state index contributed by atoms with van der Waals surface area (Å²) in [6.45, 7) is 0.609. The zero-order valence-electron chi connectivity index (χ0n) is 11.4. The minimum absolute atomic E-state index is 0.137. The molecule has 0 fully saturated rings. The Morgan fingerprint density at radius 1 is 1.29 bits per heavy atom. The average molecular weight is 305 g/mol. The van der Waals surface area contributed by atoms with Crippen LogP contribution in [0.25, 0.3) is 0 Å². The number of para-hydroxylation sites is 1. The molecule has 1 aliphatic rings. The van der Waals surface area contributed by atoms with Gasteiger partial charge in [-0.05, 0) is 36.2 Å². The largest absolute Gasteiger partial charge is 0.493 e. The molecule has 0 saturated heterocycles. The van der Waals surface area contributed by atoms with E-state index < -0.39 is 16.6 Å². The predicted molar refractivity (Wildman–Crippen MR) is 81.4 cm³/mol. The van der Waals surface area contributed by atoms with Crippen LogP contribution in [-0.4, -0.2) is 16.6 Å². The molecule has 2 unspecified atom stereocenters. The molecule has 0 aromatic heterocycles. The second-order valence-corrected chi connectivity index (χ2v) is 6.53. The molecule has 0 bridgehead atoms. The average Bonchev–Trinajstić information content (AvgIpc) is 2.50. The van der Waals surface area contributed by atoms with Crippen molar-refractivity contribution in [3.63, 3.8) is 0 Å². The highest BCUT2D eigenvalue weighted by molar-refractivity contribution is 7.85. The van der Waals surface area contributed by atoms with E-state index in [1.165, 1.54) is 18.2 Å². The van der Waals surface area contributed by atoms with Crippen LogP contribution >= 0.6 is 0 Å². The van der Waals surface area contributed by atoms with Crippen molar-refractivity contribution in [3.05, 3.63) is 53.8 Å². The van der Waals surface area contributed by atoms with Crippen molar-refractivity contribution in [2.45, 2.75) is 17.2 Å². The zero-order chi connectivity index (χ0) is 14.8. The van der Waals surface area contributed by atoms with Crippen molar-refractivity contribution in [2.24, 2.45) is 0 Å². The number of nitrogens with two attached hydrogens (primary N) is 1. The Bertz CT molecular complexity index is 690. The molecule has 2 N–H and O–H groups in total. The number of ether oxygens (including phenoxy) is 1. The van der Waals surface area contributed by atoms with Gasteiger partial charge in [-0.2, -0.15) is 0 Å². The summed E-state index contributed by atoms with van der Waals surface area (Å²) in [6.07, 6.45) is 0.804. The van der Waals surface area contributed by atoms with Gasteiger partial charge in [-0.1, -0.05) is 18.2 Å². The number of rotatable bonds is 3. The van der Waals surface area contributed by atoms with E-state index in [-0.39, 0.29) is 5.92 Å². The fraction of sp³-hybridized carbons (Fsp3) is 0.250. The fourth-order valence-corrected chi connectivity index (χ4v) is 4.03. The first-order valence-corrected chi connectivity index (χ1v) is 8.12. The van der Waals surface area contributed by atoms with Crippen molar-refractivity contribution in [1.82, 2.24) is 0 Å². The van der Waals surface area contributed by atoms with E-state index in [0.29, 0.717) is 22.9 Å². The summed E-state index contributed by atoms with van der Waals surface area (Å²) in [5.41, 5.74) is 7.24. The topological polar surface area (TPSA) is 52.3 Å². The molecule has 0 radical (unpaired) electrons. The molecule has 3 rings (SSSR count). The third-order valence-corrected chi connectivity index (χ3v) is 5.21. The summed E-state index contributed by atoms with van der Waals surface area (Å²) < 4.78 is 31.4. The number of halogens is 1. The first kappa shape index (κ1) is 14.1. The molecule has 2 aromatic carbocycles. The lowest BCUT2D eigenvalue weighted by molar-refractivity contribution is 0.273. The maximum Gasteiger partial charge on any atom is 0.124 e. The van der Waals surface area contributed by atoms with Crippen LogP contribution in [0.15, 0.2) is 47.4 Å². The summed E-state index contributed by atoms with van der Waals surface area (Å²) in [5, 5.41) is 0. The molecule has 3 nitrogen and oxygen atoms in total. The monoisotopic (exact) mass is 305 g/mol. The second-order valence-electron chi connectivity index (χ2n) is 5.07.